The Hall–Kier alpha value is -2.38. The molecule has 2 rings (SSSR count). The van der Waals surface area contributed by atoms with Crippen LogP contribution in [0.1, 0.15) is 49.4 Å². The number of ether oxygens (including phenoxy) is 1. The Kier molecular flexibility index (Phi) is 8.67. The molecule has 0 spiro atoms. The molecular weight excluding hydrogens is 388 g/mol. The third kappa shape index (κ3) is 6.87. The largest absolute Gasteiger partial charge is 0.494 e. The van der Waals surface area contributed by atoms with Gasteiger partial charge in [0.05, 0.1) is 11.5 Å². The quantitative estimate of drug-likeness (QED) is 0.544. The molecule has 0 saturated carbocycles. The van der Waals surface area contributed by atoms with Gasteiger partial charge in [0.25, 0.3) is 5.91 Å². The van der Waals surface area contributed by atoms with E-state index >= 15 is 0 Å². The molecule has 0 radical (unpaired) electrons. The summed E-state index contributed by atoms with van der Waals surface area (Å²) in [5.74, 6) is 0.481. The summed E-state index contributed by atoms with van der Waals surface area (Å²) in [6.45, 7) is 2.87. The Labute approximate surface area is 173 Å². The fourth-order valence-corrected chi connectivity index (χ4v) is 3.62. The number of carbonyl (C=O) groups is 1. The molecule has 0 aliphatic carbocycles. The summed E-state index contributed by atoms with van der Waals surface area (Å²) >= 11 is 0. The fourth-order valence-electron chi connectivity index (χ4n) is 2.72. The molecule has 0 aromatic heterocycles. The summed E-state index contributed by atoms with van der Waals surface area (Å²) in [5.41, 5.74) is 1.03. The lowest BCUT2D eigenvalue weighted by atomic mass is 10.1. The van der Waals surface area contributed by atoms with Gasteiger partial charge in [0, 0.05) is 25.3 Å². The molecule has 2 aromatic rings. The Balaban J connectivity index is 1.87. The molecule has 0 heterocycles. The van der Waals surface area contributed by atoms with Gasteiger partial charge >= 0.3 is 0 Å². The average Bonchev–Trinajstić information content (AvgIpc) is 2.71. The van der Waals surface area contributed by atoms with Crippen LogP contribution in [0.5, 0.6) is 5.75 Å². The molecule has 0 aliphatic rings. The van der Waals surface area contributed by atoms with Gasteiger partial charge in [-0.25, -0.2) is 12.7 Å². The maximum atomic E-state index is 12.4. The van der Waals surface area contributed by atoms with Gasteiger partial charge in [-0.15, -0.1) is 0 Å². The van der Waals surface area contributed by atoms with E-state index in [1.807, 2.05) is 0 Å². The summed E-state index contributed by atoms with van der Waals surface area (Å²) in [6.07, 6.45) is 5.92. The number of hydrogen-bond acceptors (Lipinski definition) is 4. The van der Waals surface area contributed by atoms with E-state index in [2.05, 4.69) is 12.2 Å². The van der Waals surface area contributed by atoms with Crippen LogP contribution in [0.15, 0.2) is 53.4 Å². The number of benzene rings is 2. The molecule has 2 aromatic carbocycles. The molecule has 1 amide bonds. The minimum absolute atomic E-state index is 0.177. The molecule has 0 aliphatic heterocycles. The number of carbonyl (C=O) groups excluding carboxylic acids is 1. The van der Waals surface area contributed by atoms with Crippen LogP contribution in [0.25, 0.3) is 0 Å². The summed E-state index contributed by atoms with van der Waals surface area (Å²) in [5, 5.41) is 2.77. The van der Waals surface area contributed by atoms with Crippen LogP contribution in [-0.4, -0.2) is 39.3 Å². The van der Waals surface area contributed by atoms with Gasteiger partial charge in [-0.2, -0.15) is 0 Å². The lowest BCUT2D eigenvalue weighted by molar-refractivity contribution is 0.102. The third-order valence-electron chi connectivity index (χ3n) is 4.52. The zero-order valence-electron chi connectivity index (χ0n) is 17.3. The van der Waals surface area contributed by atoms with Gasteiger partial charge in [-0.1, -0.05) is 32.6 Å². The highest BCUT2D eigenvalue weighted by atomic mass is 32.2. The maximum absolute atomic E-state index is 12.4. The van der Waals surface area contributed by atoms with Gasteiger partial charge < -0.3 is 10.1 Å². The van der Waals surface area contributed by atoms with E-state index in [0.717, 1.165) is 16.5 Å². The van der Waals surface area contributed by atoms with Gasteiger partial charge in [-0.3, -0.25) is 4.79 Å². The second-order valence-electron chi connectivity index (χ2n) is 7.05. The van der Waals surface area contributed by atoms with Crippen LogP contribution in [0.4, 0.5) is 5.69 Å². The van der Waals surface area contributed by atoms with Crippen LogP contribution < -0.4 is 10.1 Å². The van der Waals surface area contributed by atoms with Crippen LogP contribution in [0.2, 0.25) is 0 Å². The molecule has 7 heteroatoms. The highest BCUT2D eigenvalue weighted by Gasteiger charge is 2.16. The number of amides is 1. The van der Waals surface area contributed by atoms with Crippen molar-refractivity contribution < 1.29 is 17.9 Å². The van der Waals surface area contributed by atoms with Crippen molar-refractivity contribution in [3.63, 3.8) is 0 Å². The van der Waals surface area contributed by atoms with Crippen LogP contribution in [-0.2, 0) is 10.0 Å². The van der Waals surface area contributed by atoms with Crippen molar-refractivity contribution in [1.29, 1.82) is 0 Å². The summed E-state index contributed by atoms with van der Waals surface area (Å²) in [7, 11) is -0.533. The molecule has 0 atom stereocenters. The highest BCUT2D eigenvalue weighted by molar-refractivity contribution is 7.89. The maximum Gasteiger partial charge on any atom is 0.255 e. The van der Waals surface area contributed by atoms with Gasteiger partial charge in [0.2, 0.25) is 10.0 Å². The van der Waals surface area contributed by atoms with Crippen molar-refractivity contribution in [1.82, 2.24) is 4.31 Å². The van der Waals surface area contributed by atoms with Crippen molar-refractivity contribution in [2.75, 3.05) is 26.0 Å². The lowest BCUT2D eigenvalue weighted by Gasteiger charge is -2.12. The van der Waals surface area contributed by atoms with E-state index in [9.17, 15) is 13.2 Å². The first kappa shape index (κ1) is 22.9. The zero-order chi connectivity index (χ0) is 21.3. The number of sulfonamides is 1. The second kappa shape index (κ2) is 11.0. The van der Waals surface area contributed by atoms with Crippen molar-refractivity contribution >= 4 is 21.6 Å². The smallest absolute Gasteiger partial charge is 0.255 e. The van der Waals surface area contributed by atoms with Gasteiger partial charge in [-0.05, 0) is 55.0 Å². The highest BCUT2D eigenvalue weighted by Crippen LogP contribution is 2.18. The fraction of sp³-hybridized carbons (Fsp3) is 0.409. The van der Waals surface area contributed by atoms with Crippen molar-refractivity contribution in [3.8, 4) is 5.75 Å². The summed E-state index contributed by atoms with van der Waals surface area (Å²) < 4.78 is 31.0. The third-order valence-corrected chi connectivity index (χ3v) is 6.35. The number of rotatable bonds is 11. The molecule has 0 unspecified atom stereocenters. The molecule has 29 heavy (non-hydrogen) atoms. The van der Waals surface area contributed by atoms with E-state index in [1.54, 1.807) is 36.4 Å². The normalized spacial score (nSPS) is 11.4. The Morgan fingerprint density at radius 3 is 2.14 bits per heavy atom. The van der Waals surface area contributed by atoms with E-state index in [0.29, 0.717) is 17.9 Å². The zero-order valence-corrected chi connectivity index (χ0v) is 18.2. The first-order chi connectivity index (χ1) is 13.8. The van der Waals surface area contributed by atoms with Crippen molar-refractivity contribution in [2.24, 2.45) is 0 Å². The van der Waals surface area contributed by atoms with Gasteiger partial charge in [0.1, 0.15) is 5.75 Å². The molecule has 0 saturated heterocycles. The number of nitrogens with zero attached hydrogens (tertiary/aromatic N) is 1. The summed E-state index contributed by atoms with van der Waals surface area (Å²) in [6, 6.07) is 13.1. The Morgan fingerprint density at radius 2 is 1.55 bits per heavy atom. The van der Waals surface area contributed by atoms with E-state index in [1.165, 1.54) is 51.9 Å². The number of nitrogens with one attached hydrogen (secondary N) is 1. The summed E-state index contributed by atoms with van der Waals surface area (Å²) in [4.78, 5) is 12.6. The molecule has 158 valence electrons. The van der Waals surface area contributed by atoms with E-state index in [-0.39, 0.29) is 10.8 Å². The predicted octanol–water partition coefficient (Wildman–Crippen LogP) is 4.54. The minimum Gasteiger partial charge on any atom is -0.494 e. The SMILES string of the molecule is CCCCCCCOc1ccc(C(=O)Nc2ccc(S(=O)(=O)N(C)C)cc2)cc1. The minimum atomic E-state index is -3.49. The van der Waals surface area contributed by atoms with Gasteiger partial charge in [0.15, 0.2) is 0 Å². The number of unbranched alkanes of at least 4 members (excludes halogenated alkanes) is 4. The van der Waals surface area contributed by atoms with Crippen molar-refractivity contribution in [3.05, 3.63) is 54.1 Å². The Morgan fingerprint density at radius 1 is 0.931 bits per heavy atom. The van der Waals surface area contributed by atoms with Crippen LogP contribution >= 0.6 is 0 Å². The average molecular weight is 419 g/mol. The number of anilines is 1. The molecule has 1 N–H and O–H groups in total. The van der Waals surface area contributed by atoms with Crippen LogP contribution in [0, 0.1) is 0 Å². The first-order valence-corrected chi connectivity index (χ1v) is 11.4. The predicted molar refractivity (Wildman–Crippen MR) is 116 cm³/mol. The standard InChI is InChI=1S/C22H30N2O4S/c1-4-5-6-7-8-17-28-20-13-9-18(10-14-20)22(25)23-19-11-15-21(16-12-19)29(26,27)24(2)3/h9-16H,4-8,17H2,1-3H3,(H,23,25). The second-order valence-corrected chi connectivity index (χ2v) is 9.20. The van der Waals surface area contributed by atoms with E-state index in [4.69, 9.17) is 4.74 Å². The molecule has 0 bridgehead atoms. The Bertz CT molecular complexity index is 876. The topological polar surface area (TPSA) is 75.7 Å². The molecule has 0 fully saturated rings. The number of hydrogen-bond donors (Lipinski definition) is 1. The lowest BCUT2D eigenvalue weighted by Crippen LogP contribution is -2.22. The van der Waals surface area contributed by atoms with E-state index < -0.39 is 10.0 Å². The molecular formula is C22H30N2O4S. The molecule has 6 nitrogen and oxygen atoms in total. The van der Waals surface area contributed by atoms with Crippen molar-refractivity contribution in [2.45, 2.75) is 43.9 Å². The first-order valence-electron chi connectivity index (χ1n) is 9.91. The monoisotopic (exact) mass is 418 g/mol. The van der Waals surface area contributed by atoms with Crippen LogP contribution in [0.3, 0.4) is 0 Å².